The lowest BCUT2D eigenvalue weighted by molar-refractivity contribution is -0.136. The molecule has 2 aromatic heterocycles. The molecule has 0 aromatic carbocycles. The predicted octanol–water partition coefficient (Wildman–Crippen LogP) is 1.03. The zero-order valence-corrected chi connectivity index (χ0v) is 13.4. The number of imidazole rings is 1. The van der Waals surface area contributed by atoms with Gasteiger partial charge in [0.2, 0.25) is 5.91 Å². The number of rotatable bonds is 2. The van der Waals surface area contributed by atoms with Crippen molar-refractivity contribution in [2.45, 2.75) is 18.9 Å². The van der Waals surface area contributed by atoms with Gasteiger partial charge in [-0.3, -0.25) is 9.20 Å². The molecule has 0 bridgehead atoms. The third-order valence-electron chi connectivity index (χ3n) is 4.75. The Kier molecular flexibility index (Phi) is 3.82. The SMILES string of the molecule is N#Cc1c(N2CCC[C@H]2C(=O)N2CCOCC2)nc2ccccn12. The van der Waals surface area contributed by atoms with Crippen molar-refractivity contribution in [3.8, 4) is 6.07 Å². The number of pyridine rings is 1. The maximum absolute atomic E-state index is 12.9. The van der Waals surface area contributed by atoms with E-state index < -0.39 is 0 Å². The fraction of sp³-hybridized carbons (Fsp3) is 0.471. The zero-order valence-electron chi connectivity index (χ0n) is 13.4. The summed E-state index contributed by atoms with van der Waals surface area (Å²) in [4.78, 5) is 21.4. The first kappa shape index (κ1) is 15.0. The van der Waals surface area contributed by atoms with E-state index in [4.69, 9.17) is 4.74 Å². The van der Waals surface area contributed by atoms with Gasteiger partial charge in [-0.2, -0.15) is 5.26 Å². The van der Waals surface area contributed by atoms with Crippen LogP contribution in [0.15, 0.2) is 24.4 Å². The Morgan fingerprint density at radius 3 is 2.92 bits per heavy atom. The van der Waals surface area contributed by atoms with Crippen LogP contribution in [-0.4, -0.2) is 59.1 Å². The Morgan fingerprint density at radius 2 is 2.12 bits per heavy atom. The number of carbonyl (C=O) groups excluding carboxylic acids is 1. The Balaban J connectivity index is 1.68. The van der Waals surface area contributed by atoms with E-state index in [1.165, 1.54) is 0 Å². The molecule has 1 atom stereocenters. The summed E-state index contributed by atoms with van der Waals surface area (Å²) in [5.41, 5.74) is 1.22. The van der Waals surface area contributed by atoms with Crippen LogP contribution in [0, 0.1) is 11.3 Å². The minimum atomic E-state index is -0.236. The van der Waals surface area contributed by atoms with Crippen LogP contribution in [0.5, 0.6) is 0 Å². The van der Waals surface area contributed by atoms with Gasteiger partial charge in [0, 0.05) is 25.8 Å². The molecule has 124 valence electrons. The monoisotopic (exact) mass is 325 g/mol. The molecule has 2 aromatic rings. The molecular formula is C17H19N5O2. The Labute approximate surface area is 140 Å². The van der Waals surface area contributed by atoms with E-state index in [0.29, 0.717) is 37.8 Å². The number of nitriles is 1. The van der Waals surface area contributed by atoms with E-state index >= 15 is 0 Å². The molecule has 0 N–H and O–H groups in total. The largest absolute Gasteiger partial charge is 0.378 e. The van der Waals surface area contributed by atoms with Gasteiger partial charge in [-0.15, -0.1) is 0 Å². The average molecular weight is 325 g/mol. The molecular weight excluding hydrogens is 306 g/mol. The summed E-state index contributed by atoms with van der Waals surface area (Å²) in [6, 6.07) is 7.66. The zero-order chi connectivity index (χ0) is 16.5. The fourth-order valence-corrected chi connectivity index (χ4v) is 3.56. The molecule has 7 nitrogen and oxygen atoms in total. The maximum Gasteiger partial charge on any atom is 0.245 e. The van der Waals surface area contributed by atoms with Crippen LogP contribution in [0.4, 0.5) is 5.82 Å². The van der Waals surface area contributed by atoms with E-state index in [-0.39, 0.29) is 11.9 Å². The topological polar surface area (TPSA) is 73.9 Å². The van der Waals surface area contributed by atoms with Crippen molar-refractivity contribution in [3.05, 3.63) is 30.1 Å². The highest BCUT2D eigenvalue weighted by Crippen LogP contribution is 2.29. The first-order chi connectivity index (χ1) is 11.8. The predicted molar refractivity (Wildman–Crippen MR) is 87.7 cm³/mol. The molecule has 1 amide bonds. The van der Waals surface area contributed by atoms with Crippen LogP contribution in [0.25, 0.3) is 5.65 Å². The Morgan fingerprint density at radius 1 is 1.29 bits per heavy atom. The lowest BCUT2D eigenvalue weighted by Gasteiger charge is -2.32. The first-order valence-corrected chi connectivity index (χ1v) is 8.30. The van der Waals surface area contributed by atoms with Crippen molar-refractivity contribution in [2.24, 2.45) is 0 Å². The van der Waals surface area contributed by atoms with Gasteiger partial charge >= 0.3 is 0 Å². The van der Waals surface area contributed by atoms with Gasteiger partial charge in [0.1, 0.15) is 17.8 Å². The van der Waals surface area contributed by atoms with Gasteiger partial charge in [-0.25, -0.2) is 4.98 Å². The van der Waals surface area contributed by atoms with Crippen LogP contribution in [0.1, 0.15) is 18.5 Å². The van der Waals surface area contributed by atoms with Gasteiger partial charge in [-0.05, 0) is 25.0 Å². The minimum Gasteiger partial charge on any atom is -0.378 e. The molecule has 7 heteroatoms. The number of carbonyl (C=O) groups is 1. The standard InChI is InChI=1S/C17H19N5O2/c18-12-14-16(19-15-5-1-2-6-21(14)15)22-7-3-4-13(22)17(23)20-8-10-24-11-9-20/h1-2,5-6,13H,3-4,7-11H2/t13-/m0/s1. The Bertz CT molecular complexity index is 803. The molecule has 4 heterocycles. The second-order valence-electron chi connectivity index (χ2n) is 6.11. The van der Waals surface area contributed by atoms with Gasteiger partial charge in [0.05, 0.1) is 13.2 Å². The number of anilines is 1. The number of hydrogen-bond donors (Lipinski definition) is 0. The lowest BCUT2D eigenvalue weighted by Crippen LogP contribution is -2.50. The summed E-state index contributed by atoms with van der Waals surface area (Å²) < 4.78 is 7.12. The van der Waals surface area contributed by atoms with Crippen molar-refractivity contribution in [1.82, 2.24) is 14.3 Å². The van der Waals surface area contributed by atoms with Gasteiger partial charge < -0.3 is 14.5 Å². The number of morpholine rings is 1. The van der Waals surface area contributed by atoms with Crippen LogP contribution in [-0.2, 0) is 9.53 Å². The number of amides is 1. The summed E-state index contributed by atoms with van der Waals surface area (Å²) in [5.74, 6) is 0.740. The van der Waals surface area contributed by atoms with E-state index in [2.05, 4.69) is 11.1 Å². The summed E-state index contributed by atoms with van der Waals surface area (Å²) in [6.07, 6.45) is 3.56. The number of nitrogens with zero attached hydrogens (tertiary/aromatic N) is 5. The molecule has 0 unspecified atom stereocenters. The van der Waals surface area contributed by atoms with Crippen LogP contribution in [0.2, 0.25) is 0 Å². The normalized spacial score (nSPS) is 21.2. The third kappa shape index (κ3) is 2.39. The van der Waals surface area contributed by atoms with Crippen molar-refractivity contribution < 1.29 is 9.53 Å². The summed E-state index contributed by atoms with van der Waals surface area (Å²) in [7, 11) is 0. The molecule has 0 radical (unpaired) electrons. The highest BCUT2D eigenvalue weighted by atomic mass is 16.5. The van der Waals surface area contributed by atoms with Gasteiger partial charge in [0.15, 0.2) is 11.5 Å². The number of aromatic nitrogens is 2. The summed E-state index contributed by atoms with van der Waals surface area (Å²) >= 11 is 0. The molecule has 0 spiro atoms. The minimum absolute atomic E-state index is 0.122. The van der Waals surface area contributed by atoms with Crippen molar-refractivity contribution >= 4 is 17.4 Å². The van der Waals surface area contributed by atoms with E-state index in [9.17, 15) is 10.1 Å². The molecule has 2 aliphatic rings. The molecule has 2 fully saturated rings. The van der Waals surface area contributed by atoms with Crippen molar-refractivity contribution in [1.29, 1.82) is 5.26 Å². The van der Waals surface area contributed by atoms with E-state index in [1.54, 1.807) is 4.40 Å². The lowest BCUT2D eigenvalue weighted by atomic mass is 10.2. The average Bonchev–Trinajstić information content (AvgIpc) is 3.25. The van der Waals surface area contributed by atoms with E-state index in [1.807, 2.05) is 34.2 Å². The van der Waals surface area contributed by atoms with Gasteiger partial charge in [-0.1, -0.05) is 6.07 Å². The second-order valence-corrected chi connectivity index (χ2v) is 6.11. The smallest absolute Gasteiger partial charge is 0.245 e. The maximum atomic E-state index is 12.9. The highest BCUT2D eigenvalue weighted by Gasteiger charge is 2.36. The number of hydrogen-bond acceptors (Lipinski definition) is 5. The molecule has 2 aliphatic heterocycles. The molecule has 0 aliphatic carbocycles. The quantitative estimate of drug-likeness (QED) is 0.824. The van der Waals surface area contributed by atoms with Crippen LogP contribution in [0.3, 0.4) is 0 Å². The fourth-order valence-electron chi connectivity index (χ4n) is 3.56. The second kappa shape index (κ2) is 6.13. The number of ether oxygens (including phenoxy) is 1. The van der Waals surface area contributed by atoms with Crippen LogP contribution < -0.4 is 4.90 Å². The third-order valence-corrected chi connectivity index (χ3v) is 4.75. The van der Waals surface area contributed by atoms with Crippen molar-refractivity contribution in [2.75, 3.05) is 37.7 Å². The van der Waals surface area contributed by atoms with Crippen molar-refractivity contribution in [3.63, 3.8) is 0 Å². The molecule has 4 rings (SSSR count). The summed E-state index contributed by atoms with van der Waals surface area (Å²) in [6.45, 7) is 3.21. The molecule has 24 heavy (non-hydrogen) atoms. The summed E-state index contributed by atoms with van der Waals surface area (Å²) in [5, 5.41) is 9.59. The highest BCUT2D eigenvalue weighted by molar-refractivity contribution is 5.86. The van der Waals surface area contributed by atoms with Gasteiger partial charge in [0.25, 0.3) is 0 Å². The molecule has 2 saturated heterocycles. The van der Waals surface area contributed by atoms with Crippen LogP contribution >= 0.6 is 0 Å². The van der Waals surface area contributed by atoms with E-state index in [0.717, 1.165) is 25.0 Å². The molecule has 0 saturated carbocycles. The first-order valence-electron chi connectivity index (χ1n) is 8.30. The number of fused-ring (bicyclic) bond motifs is 1. The Hall–Kier alpha value is -2.59.